The molecule has 96 heavy (non-hydrogen) atoms. The van der Waals surface area contributed by atoms with Gasteiger partial charge in [-0.25, -0.2) is 24.9 Å². The molecule has 9 heterocycles. The third kappa shape index (κ3) is 12.2. The first-order valence-corrected chi connectivity index (χ1v) is 32.7. The fraction of sp³-hybridized carbons (Fsp3) is 0.222. The van der Waals surface area contributed by atoms with Gasteiger partial charge >= 0.3 is 0 Å². The third-order valence-electron chi connectivity index (χ3n) is 18.6. The Bertz CT molecular complexity index is 5150. The number of anilines is 6. The van der Waals surface area contributed by atoms with Crippen molar-refractivity contribution in [1.82, 2.24) is 24.9 Å². The summed E-state index contributed by atoms with van der Waals surface area (Å²) in [6.45, 7) is 25.0. The Morgan fingerprint density at radius 3 is 1.24 bits per heavy atom. The van der Waals surface area contributed by atoms with Gasteiger partial charge in [-0.05, 0) is 205 Å². The van der Waals surface area contributed by atoms with E-state index < -0.39 is 0 Å². The smallest absolute Gasteiger partial charge is 0.150 e. The predicted octanol–water partition coefficient (Wildman–Crippen LogP) is 17.9. The molecule has 0 bridgehead atoms. The fourth-order valence-electron chi connectivity index (χ4n) is 14.2. The molecule has 0 atom stereocenters. The van der Waals surface area contributed by atoms with Crippen molar-refractivity contribution in [3.05, 3.63) is 204 Å². The van der Waals surface area contributed by atoms with Crippen LogP contribution < -0.4 is 34.4 Å². The highest BCUT2D eigenvalue weighted by molar-refractivity contribution is 6.07. The van der Waals surface area contributed by atoms with E-state index in [-0.39, 0.29) is 0 Å². The maximum absolute atomic E-state index is 6.04. The van der Waals surface area contributed by atoms with Gasteiger partial charge in [-0.15, -0.1) is 0 Å². The van der Waals surface area contributed by atoms with E-state index in [1.165, 1.54) is 116 Å². The summed E-state index contributed by atoms with van der Waals surface area (Å²) in [6, 6.07) is 39.7. The number of hydrogen-bond donors (Lipinski definition) is 6. The Hall–Kier alpha value is -11.2. The van der Waals surface area contributed by atoms with Crippen LogP contribution in [0.1, 0.15) is 119 Å². The SMILES string of the molecule is CC1=Cc2c(N)nc3ccc(C)cc3c2C1.CC1=Cc2c(N)nc3cccc(C)c3c2C1.CC1=Nc2c(N)cc3cc(C)ccc3c2C1.CC1=Nc2c(N)nc3cc(C)ccc3c2C1.CC1=Nc2c(N)nc3ccc(C)cc3c2C1.CC1=Nc2c(N)nc3cccc(C)c3c2C1. The van der Waals surface area contributed by atoms with Crippen LogP contribution in [0.2, 0.25) is 0 Å². The number of hydrogen-bond acceptors (Lipinski definition) is 15. The van der Waals surface area contributed by atoms with Crippen molar-refractivity contribution in [2.45, 2.75) is 122 Å². The second-order valence-corrected chi connectivity index (χ2v) is 26.7. The molecule has 0 spiro atoms. The second-order valence-electron chi connectivity index (χ2n) is 26.7. The zero-order chi connectivity index (χ0) is 67.7. The van der Waals surface area contributed by atoms with Crippen molar-refractivity contribution in [3.63, 3.8) is 0 Å². The quantitative estimate of drug-likeness (QED) is 0.0777. The number of rotatable bonds is 0. The van der Waals surface area contributed by atoms with E-state index >= 15 is 0 Å². The molecule has 0 fully saturated rings. The van der Waals surface area contributed by atoms with Crippen LogP contribution in [0.4, 0.5) is 57.5 Å². The van der Waals surface area contributed by atoms with Gasteiger partial charge in [0.05, 0.1) is 39.0 Å². The molecule has 18 rings (SSSR count). The van der Waals surface area contributed by atoms with Crippen LogP contribution in [0, 0.1) is 41.5 Å². The van der Waals surface area contributed by atoms with Crippen LogP contribution in [0.3, 0.4) is 0 Å². The van der Waals surface area contributed by atoms with E-state index in [9.17, 15) is 0 Å². The lowest BCUT2D eigenvalue weighted by Crippen LogP contribution is -1.99. The molecule has 12 N–H and O–H groups in total. The largest absolute Gasteiger partial charge is 0.397 e. The van der Waals surface area contributed by atoms with Crippen LogP contribution >= 0.6 is 0 Å². The topological polar surface area (TPSA) is 270 Å². The summed E-state index contributed by atoms with van der Waals surface area (Å²) in [5.74, 6) is 2.95. The van der Waals surface area contributed by atoms with Gasteiger partial charge in [0.1, 0.15) is 46.2 Å². The summed E-state index contributed by atoms with van der Waals surface area (Å²) in [5, 5.41) is 8.61. The van der Waals surface area contributed by atoms with Crippen LogP contribution in [0.5, 0.6) is 0 Å². The maximum Gasteiger partial charge on any atom is 0.150 e. The first-order chi connectivity index (χ1) is 45.9. The minimum Gasteiger partial charge on any atom is -0.397 e. The molecule has 15 nitrogen and oxygen atoms in total. The van der Waals surface area contributed by atoms with Gasteiger partial charge in [0.25, 0.3) is 0 Å². The van der Waals surface area contributed by atoms with Crippen molar-refractivity contribution >= 4 is 158 Å². The first-order valence-electron chi connectivity index (χ1n) is 32.7. The Balaban J connectivity index is 0.000000104. The number of aliphatic imine (C=N–C) groups is 4. The number of nitrogens with two attached hydrogens (primary N) is 6. The van der Waals surface area contributed by atoms with E-state index in [0.29, 0.717) is 29.1 Å². The van der Waals surface area contributed by atoms with E-state index in [1.807, 2.05) is 57.2 Å². The van der Waals surface area contributed by atoms with Gasteiger partial charge in [-0.3, -0.25) is 20.0 Å². The zero-order valence-corrected chi connectivity index (χ0v) is 56.9. The lowest BCUT2D eigenvalue weighted by Gasteiger charge is -2.09. The van der Waals surface area contributed by atoms with Crippen LogP contribution in [0.25, 0.3) is 77.4 Å². The van der Waals surface area contributed by atoms with Crippen molar-refractivity contribution < 1.29 is 0 Å². The molecule has 5 aromatic heterocycles. The number of aryl methyl sites for hydroxylation is 6. The molecule has 15 heteroatoms. The molecular formula is C81H81N15. The van der Waals surface area contributed by atoms with Gasteiger partial charge in [-0.1, -0.05) is 107 Å². The van der Waals surface area contributed by atoms with Crippen molar-refractivity contribution in [1.29, 1.82) is 0 Å². The Kier molecular flexibility index (Phi) is 16.7. The van der Waals surface area contributed by atoms with E-state index in [2.05, 4.69) is 198 Å². The maximum atomic E-state index is 6.04. The van der Waals surface area contributed by atoms with Crippen molar-refractivity contribution in [2.75, 3.05) is 34.4 Å². The van der Waals surface area contributed by atoms with Gasteiger partial charge in [0.2, 0.25) is 0 Å². The molecule has 480 valence electrons. The van der Waals surface area contributed by atoms with Crippen LogP contribution in [0.15, 0.2) is 146 Å². The summed E-state index contributed by atoms with van der Waals surface area (Å²) in [5.41, 5.74) is 69.7. The Morgan fingerprint density at radius 2 is 0.677 bits per heavy atom. The highest BCUT2D eigenvalue weighted by atomic mass is 14.9. The lowest BCUT2D eigenvalue weighted by atomic mass is 9.98. The molecule has 7 aromatic carbocycles. The minimum atomic E-state index is 0.545. The number of benzene rings is 7. The number of pyridine rings is 5. The number of fused-ring (bicyclic) bond motifs is 18. The highest BCUT2D eigenvalue weighted by Gasteiger charge is 2.24. The van der Waals surface area contributed by atoms with E-state index in [4.69, 9.17) is 34.4 Å². The molecule has 0 radical (unpaired) electrons. The molecule has 0 amide bonds. The molecule has 4 aliphatic heterocycles. The summed E-state index contributed by atoms with van der Waals surface area (Å²) >= 11 is 0. The summed E-state index contributed by atoms with van der Waals surface area (Å²) in [4.78, 5) is 40.1. The number of nitrogen functional groups attached to an aromatic ring is 6. The standard InChI is InChI=1S/3C14H14N2.3C13H13N3/c1-8-3-4-11-10(5-8)7-13(15)14-12(11)6-9(2)16-14;1-8-3-4-13-11(5-8)10-6-9(2)7-12(10)14(15)16-13;1-8-6-10-11(7-8)14(15)16-12-5-3-4-9(2)13(10)12;1-7-3-4-11-9(5-7)10-6-8(2)15-12(10)13(14)16-11;1-7-3-4-9-10-6-8(2)15-12(10)13(14)16-11(9)5-7;1-7-4-3-5-10-11(7)9-6-8(2)15-12(9)13(14)16-10/h3-5,7H,6,15H2,1-2H3;2*3-5,7H,6H2,1-2H3,(H2,15,16);3*3-5H,6H2,1-2H3,(H2,14,16). The Labute approximate surface area is 560 Å². The molecule has 12 aromatic rings. The van der Waals surface area contributed by atoms with Gasteiger partial charge in [-0.2, -0.15) is 0 Å². The zero-order valence-electron chi connectivity index (χ0n) is 56.9. The van der Waals surface area contributed by atoms with Gasteiger partial charge < -0.3 is 34.4 Å². The number of aromatic nitrogens is 5. The molecule has 2 aliphatic carbocycles. The predicted molar refractivity (Wildman–Crippen MR) is 408 cm³/mol. The van der Waals surface area contributed by atoms with Gasteiger partial charge in [0.15, 0.2) is 0 Å². The summed E-state index contributed by atoms with van der Waals surface area (Å²) in [7, 11) is 0. The van der Waals surface area contributed by atoms with Crippen molar-refractivity contribution in [3.8, 4) is 0 Å². The van der Waals surface area contributed by atoms with Crippen LogP contribution in [-0.4, -0.2) is 47.8 Å². The molecule has 0 saturated carbocycles. The third-order valence-corrected chi connectivity index (χ3v) is 18.6. The van der Waals surface area contributed by atoms with E-state index in [1.54, 1.807) is 0 Å². The minimum absolute atomic E-state index is 0.545. The first kappa shape index (κ1) is 63.6. The number of allylic oxidation sites excluding steroid dienone is 2. The second kappa shape index (κ2) is 25.3. The molecule has 0 saturated heterocycles. The van der Waals surface area contributed by atoms with E-state index in [0.717, 1.165) is 129 Å². The monoisotopic (exact) mass is 1260 g/mol. The summed E-state index contributed by atoms with van der Waals surface area (Å²) in [6.07, 6.45) is 9.92. The average Bonchev–Trinajstić information content (AvgIpc) is 1.59. The number of nitrogens with zero attached hydrogens (tertiary/aromatic N) is 9. The summed E-state index contributed by atoms with van der Waals surface area (Å²) < 4.78 is 0. The molecule has 6 aliphatic rings. The Morgan fingerprint density at radius 1 is 0.292 bits per heavy atom. The highest BCUT2D eigenvalue weighted by Crippen LogP contribution is 2.43. The van der Waals surface area contributed by atoms with Crippen LogP contribution in [-0.2, 0) is 38.5 Å². The lowest BCUT2D eigenvalue weighted by molar-refractivity contribution is 1.20. The average molecular weight is 1260 g/mol. The van der Waals surface area contributed by atoms with Gasteiger partial charge in [0, 0.05) is 86.6 Å². The van der Waals surface area contributed by atoms with Crippen molar-refractivity contribution in [2.24, 2.45) is 20.0 Å². The fourth-order valence-corrected chi connectivity index (χ4v) is 14.2. The molecule has 0 unspecified atom stereocenters. The normalized spacial score (nSPS) is 14.0. The molecular weight excluding hydrogens is 1180 g/mol.